The molecule has 27 heavy (non-hydrogen) atoms. The van der Waals surface area contributed by atoms with E-state index in [1.807, 2.05) is 4.68 Å². The number of nitrogens with one attached hydrogen (secondary N) is 2. The molecule has 1 aromatic carbocycles. The number of amides is 1. The molecule has 2 fully saturated rings. The Kier molecular flexibility index (Phi) is 5.30. The van der Waals surface area contributed by atoms with Crippen molar-refractivity contribution >= 4 is 5.91 Å². The summed E-state index contributed by atoms with van der Waals surface area (Å²) in [5.74, 6) is 0.408. The average Bonchev–Trinajstić information content (AvgIpc) is 3.34. The van der Waals surface area contributed by atoms with Crippen molar-refractivity contribution in [2.45, 2.75) is 64.3 Å². The normalized spacial score (nSPS) is 18.7. The van der Waals surface area contributed by atoms with E-state index in [1.165, 1.54) is 24.0 Å². The van der Waals surface area contributed by atoms with Gasteiger partial charge >= 0.3 is 0 Å². The molecule has 2 aromatic rings. The largest absolute Gasteiger partial charge is 0.349 e. The first-order valence-electron chi connectivity index (χ1n) is 10.3. The molecule has 5 nitrogen and oxygen atoms in total. The van der Waals surface area contributed by atoms with E-state index in [1.54, 1.807) is 6.20 Å². The number of hydrogen-bond donors (Lipinski definition) is 2. The van der Waals surface area contributed by atoms with Crippen LogP contribution in [0.5, 0.6) is 0 Å². The highest BCUT2D eigenvalue weighted by atomic mass is 16.1. The number of aromatic nitrogens is 2. The van der Waals surface area contributed by atoms with E-state index < -0.39 is 0 Å². The highest BCUT2D eigenvalue weighted by molar-refractivity contribution is 5.95. The predicted octanol–water partition coefficient (Wildman–Crippen LogP) is 3.63. The Labute approximate surface area is 161 Å². The van der Waals surface area contributed by atoms with Crippen molar-refractivity contribution < 1.29 is 4.79 Å². The first-order valence-corrected chi connectivity index (χ1v) is 10.3. The Balaban J connectivity index is 1.71. The van der Waals surface area contributed by atoms with Crippen LogP contribution in [0.1, 0.15) is 71.6 Å². The van der Waals surface area contributed by atoms with Crippen LogP contribution in [-0.2, 0) is 0 Å². The van der Waals surface area contributed by atoms with Crippen LogP contribution in [0.4, 0.5) is 0 Å². The Hall–Kier alpha value is -2.14. The summed E-state index contributed by atoms with van der Waals surface area (Å²) in [5, 5.41) is 11.3. The smallest absolute Gasteiger partial charge is 0.255 e. The summed E-state index contributed by atoms with van der Waals surface area (Å²) in [4.78, 5) is 13.0. The summed E-state index contributed by atoms with van der Waals surface area (Å²) in [5.41, 5.74) is 5.40. The van der Waals surface area contributed by atoms with Crippen molar-refractivity contribution in [1.29, 1.82) is 0 Å². The molecule has 1 saturated heterocycles. The van der Waals surface area contributed by atoms with Crippen molar-refractivity contribution in [2.24, 2.45) is 0 Å². The van der Waals surface area contributed by atoms with Gasteiger partial charge in [0.25, 0.3) is 5.91 Å². The fourth-order valence-electron chi connectivity index (χ4n) is 4.42. The summed E-state index contributed by atoms with van der Waals surface area (Å²) >= 11 is 0. The van der Waals surface area contributed by atoms with E-state index in [4.69, 9.17) is 0 Å². The van der Waals surface area contributed by atoms with Gasteiger partial charge in [0, 0.05) is 12.0 Å². The molecule has 2 heterocycles. The fraction of sp³-hybridized carbons (Fsp3) is 0.545. The highest BCUT2D eigenvalue weighted by Crippen LogP contribution is 2.31. The van der Waals surface area contributed by atoms with Crippen LogP contribution >= 0.6 is 0 Å². The first kappa shape index (κ1) is 18.2. The van der Waals surface area contributed by atoms with Gasteiger partial charge in [-0.1, -0.05) is 18.9 Å². The van der Waals surface area contributed by atoms with Crippen LogP contribution in [0.25, 0.3) is 5.69 Å². The van der Waals surface area contributed by atoms with Gasteiger partial charge in [0.15, 0.2) is 0 Å². The van der Waals surface area contributed by atoms with Crippen molar-refractivity contribution in [3.05, 3.63) is 46.8 Å². The SMILES string of the molecule is Cc1ccc(-n2ncc(C(=O)NC3CCCC3)c2C2CCNCC2)cc1C. The van der Waals surface area contributed by atoms with E-state index in [0.717, 1.165) is 55.7 Å². The predicted molar refractivity (Wildman–Crippen MR) is 108 cm³/mol. The lowest BCUT2D eigenvalue weighted by molar-refractivity contribution is 0.0936. The molecule has 2 aliphatic rings. The molecule has 1 aliphatic heterocycles. The number of carbonyl (C=O) groups is 1. The molecule has 0 atom stereocenters. The Morgan fingerprint density at radius 3 is 2.56 bits per heavy atom. The lowest BCUT2D eigenvalue weighted by atomic mass is 9.91. The fourth-order valence-corrected chi connectivity index (χ4v) is 4.42. The minimum atomic E-state index is 0.0468. The summed E-state index contributed by atoms with van der Waals surface area (Å²) in [6.45, 7) is 6.23. The number of carbonyl (C=O) groups excluding carboxylic acids is 1. The molecule has 4 rings (SSSR count). The third kappa shape index (κ3) is 3.79. The zero-order valence-electron chi connectivity index (χ0n) is 16.4. The van der Waals surface area contributed by atoms with E-state index in [9.17, 15) is 4.79 Å². The van der Waals surface area contributed by atoms with Crippen LogP contribution in [0.15, 0.2) is 24.4 Å². The average molecular weight is 367 g/mol. The van der Waals surface area contributed by atoms with Gasteiger partial charge in [-0.3, -0.25) is 4.79 Å². The van der Waals surface area contributed by atoms with Crippen LogP contribution in [0.2, 0.25) is 0 Å². The van der Waals surface area contributed by atoms with Gasteiger partial charge < -0.3 is 10.6 Å². The van der Waals surface area contributed by atoms with Gasteiger partial charge in [-0.25, -0.2) is 4.68 Å². The molecular weight excluding hydrogens is 336 g/mol. The maximum absolute atomic E-state index is 13.0. The second-order valence-electron chi connectivity index (χ2n) is 8.10. The molecule has 1 saturated carbocycles. The monoisotopic (exact) mass is 366 g/mol. The molecule has 1 aliphatic carbocycles. The maximum atomic E-state index is 13.0. The van der Waals surface area contributed by atoms with E-state index in [-0.39, 0.29) is 5.91 Å². The van der Waals surface area contributed by atoms with Gasteiger partial charge in [0.2, 0.25) is 0 Å². The van der Waals surface area contributed by atoms with Gasteiger partial charge in [-0.2, -0.15) is 5.10 Å². The minimum Gasteiger partial charge on any atom is -0.349 e. The summed E-state index contributed by atoms with van der Waals surface area (Å²) in [6, 6.07) is 6.74. The second kappa shape index (κ2) is 7.85. The Bertz CT molecular complexity index is 814. The van der Waals surface area contributed by atoms with E-state index in [0.29, 0.717) is 12.0 Å². The second-order valence-corrected chi connectivity index (χ2v) is 8.10. The Morgan fingerprint density at radius 1 is 1.11 bits per heavy atom. The van der Waals surface area contributed by atoms with Gasteiger partial charge in [-0.15, -0.1) is 0 Å². The molecule has 0 radical (unpaired) electrons. The minimum absolute atomic E-state index is 0.0468. The summed E-state index contributed by atoms with van der Waals surface area (Å²) < 4.78 is 2.01. The first-order chi connectivity index (χ1) is 13.1. The quantitative estimate of drug-likeness (QED) is 0.869. The van der Waals surface area contributed by atoms with Crippen molar-refractivity contribution in [3.63, 3.8) is 0 Å². The molecule has 144 valence electrons. The lowest BCUT2D eigenvalue weighted by Crippen LogP contribution is -2.34. The van der Waals surface area contributed by atoms with Gasteiger partial charge in [0.1, 0.15) is 0 Å². The number of rotatable bonds is 4. The zero-order valence-corrected chi connectivity index (χ0v) is 16.4. The number of hydrogen-bond acceptors (Lipinski definition) is 3. The molecule has 0 unspecified atom stereocenters. The molecule has 0 spiro atoms. The Morgan fingerprint density at radius 2 is 1.85 bits per heavy atom. The van der Waals surface area contributed by atoms with Crippen molar-refractivity contribution in [2.75, 3.05) is 13.1 Å². The highest BCUT2D eigenvalue weighted by Gasteiger charge is 2.28. The molecular formula is C22H30N4O. The van der Waals surface area contributed by atoms with Gasteiger partial charge in [0.05, 0.1) is 23.1 Å². The maximum Gasteiger partial charge on any atom is 0.255 e. The molecule has 0 bridgehead atoms. The molecule has 1 amide bonds. The zero-order chi connectivity index (χ0) is 18.8. The number of piperidine rings is 1. The van der Waals surface area contributed by atoms with Crippen molar-refractivity contribution in [3.8, 4) is 5.69 Å². The standard InChI is InChI=1S/C22H30N4O/c1-15-7-8-19(13-16(15)2)26-21(17-9-11-23-12-10-17)20(14-24-26)22(27)25-18-5-3-4-6-18/h7-8,13-14,17-18,23H,3-6,9-12H2,1-2H3,(H,25,27). The molecule has 2 N–H and O–H groups in total. The summed E-state index contributed by atoms with van der Waals surface area (Å²) in [7, 11) is 0. The third-order valence-electron chi connectivity index (χ3n) is 6.20. The van der Waals surface area contributed by atoms with Crippen LogP contribution in [0.3, 0.4) is 0 Å². The van der Waals surface area contributed by atoms with E-state index in [2.05, 4.69) is 47.8 Å². The molecule has 5 heteroatoms. The van der Waals surface area contributed by atoms with Crippen LogP contribution in [-0.4, -0.2) is 34.8 Å². The summed E-state index contributed by atoms with van der Waals surface area (Å²) in [6.07, 6.45) is 8.48. The topological polar surface area (TPSA) is 59.0 Å². The number of aryl methyl sites for hydroxylation is 2. The van der Waals surface area contributed by atoms with Gasteiger partial charge in [-0.05, 0) is 75.9 Å². The van der Waals surface area contributed by atoms with Crippen molar-refractivity contribution in [1.82, 2.24) is 20.4 Å². The molecule has 1 aromatic heterocycles. The lowest BCUT2D eigenvalue weighted by Gasteiger charge is -2.25. The van der Waals surface area contributed by atoms with Crippen LogP contribution < -0.4 is 10.6 Å². The third-order valence-corrected chi connectivity index (χ3v) is 6.20. The van der Waals surface area contributed by atoms with Crippen LogP contribution in [0, 0.1) is 13.8 Å². The number of benzene rings is 1. The number of nitrogens with zero attached hydrogens (tertiary/aromatic N) is 2. The van der Waals surface area contributed by atoms with E-state index >= 15 is 0 Å².